The highest BCUT2D eigenvalue weighted by molar-refractivity contribution is 5.85. The van der Waals surface area contributed by atoms with Crippen molar-refractivity contribution < 1.29 is 17.9 Å². The monoisotopic (exact) mass is 227 g/mol. The van der Waals surface area contributed by atoms with Gasteiger partial charge >= 0.3 is 6.36 Å². The van der Waals surface area contributed by atoms with Gasteiger partial charge in [0.15, 0.2) is 5.75 Å². The molecular formula is C8H9ClF3NO. The summed E-state index contributed by atoms with van der Waals surface area (Å²) in [6, 6.07) is 5.84. The molecule has 0 saturated carbocycles. The normalized spacial score (nSPS) is 10.3. The van der Waals surface area contributed by atoms with Gasteiger partial charge in [0.2, 0.25) is 0 Å². The number of rotatable bonds is 2. The van der Waals surface area contributed by atoms with Gasteiger partial charge in [0, 0.05) is 7.05 Å². The summed E-state index contributed by atoms with van der Waals surface area (Å²) in [4.78, 5) is 0. The van der Waals surface area contributed by atoms with Crippen LogP contribution < -0.4 is 10.1 Å². The van der Waals surface area contributed by atoms with E-state index in [1.54, 1.807) is 6.07 Å². The Balaban J connectivity index is 0.00000169. The molecule has 0 spiro atoms. The molecule has 0 amide bonds. The average Bonchev–Trinajstić information content (AvgIpc) is 2.02. The van der Waals surface area contributed by atoms with Gasteiger partial charge in [-0.05, 0) is 12.1 Å². The molecule has 0 aliphatic rings. The fourth-order valence-electron chi connectivity index (χ4n) is 0.887. The summed E-state index contributed by atoms with van der Waals surface area (Å²) in [7, 11) is 1.53. The average molecular weight is 228 g/mol. The molecule has 1 aromatic rings. The van der Waals surface area contributed by atoms with Crippen molar-refractivity contribution in [1.29, 1.82) is 0 Å². The van der Waals surface area contributed by atoms with Crippen LogP contribution in [-0.2, 0) is 0 Å². The van der Waals surface area contributed by atoms with Gasteiger partial charge in [-0.15, -0.1) is 25.6 Å². The molecule has 1 rings (SSSR count). The van der Waals surface area contributed by atoms with Gasteiger partial charge in [-0.1, -0.05) is 12.1 Å². The standard InChI is InChI=1S/C8H8F3NO.ClH/c1-12-6-4-2-3-5-7(6)13-8(9,10)11;/h2-5,12H,1H3;1H. The Bertz CT molecular complexity index is 290. The summed E-state index contributed by atoms with van der Waals surface area (Å²) < 4.78 is 39.2. The first-order valence-electron chi connectivity index (χ1n) is 3.55. The topological polar surface area (TPSA) is 21.3 Å². The lowest BCUT2D eigenvalue weighted by Gasteiger charge is -2.12. The van der Waals surface area contributed by atoms with Crippen LogP contribution in [0.4, 0.5) is 18.9 Å². The Kier molecular flexibility index (Phi) is 4.56. The Morgan fingerprint density at radius 1 is 1.21 bits per heavy atom. The third-order valence-corrected chi connectivity index (χ3v) is 1.38. The number of alkyl halides is 3. The number of hydrogen-bond acceptors (Lipinski definition) is 2. The first kappa shape index (κ1) is 12.9. The van der Waals surface area contributed by atoms with Crippen molar-refractivity contribution in [3.05, 3.63) is 24.3 Å². The molecule has 0 heterocycles. The lowest BCUT2D eigenvalue weighted by molar-refractivity contribution is -0.274. The van der Waals surface area contributed by atoms with Crippen LogP contribution in [0.15, 0.2) is 24.3 Å². The molecule has 14 heavy (non-hydrogen) atoms. The molecule has 0 radical (unpaired) electrons. The Morgan fingerprint density at radius 2 is 1.79 bits per heavy atom. The van der Waals surface area contributed by atoms with Crippen LogP contribution in [0.1, 0.15) is 0 Å². The minimum atomic E-state index is -4.65. The first-order valence-corrected chi connectivity index (χ1v) is 3.55. The number of hydrogen-bond donors (Lipinski definition) is 1. The quantitative estimate of drug-likeness (QED) is 0.839. The lowest BCUT2D eigenvalue weighted by atomic mass is 10.3. The zero-order valence-corrected chi connectivity index (χ0v) is 8.08. The van der Waals surface area contributed by atoms with Crippen LogP contribution in [0.25, 0.3) is 0 Å². The number of anilines is 1. The predicted molar refractivity (Wildman–Crippen MR) is 49.9 cm³/mol. The summed E-state index contributed by atoms with van der Waals surface area (Å²) in [5.74, 6) is -0.225. The zero-order valence-electron chi connectivity index (χ0n) is 7.26. The van der Waals surface area contributed by atoms with Crippen LogP contribution in [-0.4, -0.2) is 13.4 Å². The minimum absolute atomic E-state index is 0. The number of nitrogens with one attached hydrogen (secondary N) is 1. The fraction of sp³-hybridized carbons (Fsp3) is 0.250. The summed E-state index contributed by atoms with van der Waals surface area (Å²) in [5.41, 5.74) is 0.305. The lowest BCUT2D eigenvalue weighted by Crippen LogP contribution is -2.17. The van der Waals surface area contributed by atoms with E-state index in [1.165, 1.54) is 25.2 Å². The first-order chi connectivity index (χ1) is 6.03. The highest BCUT2D eigenvalue weighted by atomic mass is 35.5. The van der Waals surface area contributed by atoms with Gasteiger partial charge in [0.1, 0.15) is 0 Å². The van der Waals surface area contributed by atoms with E-state index in [4.69, 9.17) is 0 Å². The minimum Gasteiger partial charge on any atom is -0.404 e. The van der Waals surface area contributed by atoms with E-state index in [0.29, 0.717) is 5.69 Å². The molecule has 0 atom stereocenters. The van der Waals surface area contributed by atoms with E-state index < -0.39 is 6.36 Å². The maximum atomic E-state index is 11.8. The second-order valence-electron chi connectivity index (χ2n) is 2.29. The van der Waals surface area contributed by atoms with E-state index in [0.717, 1.165) is 0 Å². The molecule has 0 aromatic heterocycles. The van der Waals surface area contributed by atoms with E-state index in [2.05, 4.69) is 10.1 Å². The van der Waals surface area contributed by atoms with Gasteiger partial charge in [-0.2, -0.15) is 0 Å². The van der Waals surface area contributed by atoms with Crippen molar-refractivity contribution in [1.82, 2.24) is 0 Å². The second kappa shape index (κ2) is 4.95. The van der Waals surface area contributed by atoms with Crippen molar-refractivity contribution >= 4 is 18.1 Å². The summed E-state index contributed by atoms with van der Waals surface area (Å²) in [6.07, 6.45) is -4.65. The summed E-state index contributed by atoms with van der Waals surface area (Å²) in [5, 5.41) is 2.59. The summed E-state index contributed by atoms with van der Waals surface area (Å²) in [6.45, 7) is 0. The predicted octanol–water partition coefficient (Wildman–Crippen LogP) is 3.05. The molecule has 1 N–H and O–H groups in total. The SMILES string of the molecule is CNc1ccccc1OC(F)(F)F.Cl. The number of para-hydroxylation sites is 2. The molecule has 6 heteroatoms. The van der Waals surface area contributed by atoms with Crippen LogP contribution in [0, 0.1) is 0 Å². The van der Waals surface area contributed by atoms with E-state index >= 15 is 0 Å². The Labute approximate surface area is 85.5 Å². The van der Waals surface area contributed by atoms with Gasteiger partial charge in [0.25, 0.3) is 0 Å². The molecule has 1 aromatic carbocycles. The van der Waals surface area contributed by atoms with Crippen molar-refractivity contribution in [2.24, 2.45) is 0 Å². The fourth-order valence-corrected chi connectivity index (χ4v) is 0.887. The molecule has 80 valence electrons. The van der Waals surface area contributed by atoms with Crippen molar-refractivity contribution in [2.45, 2.75) is 6.36 Å². The molecule has 0 fully saturated rings. The number of benzene rings is 1. The molecule has 0 aliphatic heterocycles. The molecule has 2 nitrogen and oxygen atoms in total. The molecule has 0 aliphatic carbocycles. The van der Waals surface area contributed by atoms with Crippen LogP contribution in [0.2, 0.25) is 0 Å². The number of halogens is 4. The highest BCUT2D eigenvalue weighted by Gasteiger charge is 2.31. The smallest absolute Gasteiger partial charge is 0.404 e. The van der Waals surface area contributed by atoms with Crippen molar-refractivity contribution in [2.75, 3.05) is 12.4 Å². The Hall–Kier alpha value is -1.10. The molecular weight excluding hydrogens is 219 g/mol. The molecule has 0 unspecified atom stereocenters. The van der Waals surface area contributed by atoms with Crippen LogP contribution in [0.3, 0.4) is 0 Å². The summed E-state index contributed by atoms with van der Waals surface area (Å²) >= 11 is 0. The van der Waals surface area contributed by atoms with Gasteiger partial charge in [-0.3, -0.25) is 0 Å². The zero-order chi connectivity index (χ0) is 9.90. The highest BCUT2D eigenvalue weighted by Crippen LogP contribution is 2.29. The van der Waals surface area contributed by atoms with E-state index in [1.807, 2.05) is 0 Å². The van der Waals surface area contributed by atoms with Gasteiger partial charge in [0.05, 0.1) is 5.69 Å². The van der Waals surface area contributed by atoms with E-state index in [-0.39, 0.29) is 18.2 Å². The molecule has 0 saturated heterocycles. The maximum Gasteiger partial charge on any atom is 0.573 e. The number of ether oxygens (including phenoxy) is 1. The third kappa shape index (κ3) is 3.74. The van der Waals surface area contributed by atoms with Crippen molar-refractivity contribution in [3.63, 3.8) is 0 Å². The second-order valence-corrected chi connectivity index (χ2v) is 2.29. The van der Waals surface area contributed by atoms with Crippen LogP contribution in [0.5, 0.6) is 5.75 Å². The maximum absolute atomic E-state index is 11.8. The van der Waals surface area contributed by atoms with Crippen LogP contribution >= 0.6 is 12.4 Å². The van der Waals surface area contributed by atoms with Gasteiger partial charge < -0.3 is 10.1 Å². The molecule has 0 bridgehead atoms. The third-order valence-electron chi connectivity index (χ3n) is 1.38. The Morgan fingerprint density at radius 3 is 2.29 bits per heavy atom. The largest absolute Gasteiger partial charge is 0.573 e. The van der Waals surface area contributed by atoms with E-state index in [9.17, 15) is 13.2 Å². The van der Waals surface area contributed by atoms with Gasteiger partial charge in [-0.25, -0.2) is 0 Å². The van der Waals surface area contributed by atoms with Crippen molar-refractivity contribution in [3.8, 4) is 5.75 Å².